The predicted octanol–water partition coefficient (Wildman–Crippen LogP) is 1.61. The van der Waals surface area contributed by atoms with E-state index in [1.807, 2.05) is 0 Å². The van der Waals surface area contributed by atoms with E-state index in [0.29, 0.717) is 6.42 Å². The Morgan fingerprint density at radius 1 is 1.50 bits per heavy atom. The van der Waals surface area contributed by atoms with Crippen molar-refractivity contribution in [3.05, 3.63) is 12.7 Å². The first-order valence-corrected chi connectivity index (χ1v) is 4.44. The molecule has 0 rings (SSSR count). The summed E-state index contributed by atoms with van der Waals surface area (Å²) in [5.74, 6) is -1.87. The molecule has 4 nitrogen and oxygen atoms in total. The van der Waals surface area contributed by atoms with Gasteiger partial charge in [0.1, 0.15) is 0 Å². The average Bonchev–Trinajstić information content (AvgIpc) is 2.11. The highest BCUT2D eigenvalue weighted by atomic mass is 16.5. The van der Waals surface area contributed by atoms with Gasteiger partial charge < -0.3 is 9.84 Å². The van der Waals surface area contributed by atoms with Gasteiger partial charge in [-0.1, -0.05) is 6.08 Å². The van der Waals surface area contributed by atoms with Crippen molar-refractivity contribution in [3.8, 4) is 0 Å². The van der Waals surface area contributed by atoms with E-state index in [9.17, 15) is 9.59 Å². The number of unbranched alkanes of at least 4 members (excludes halogenated alkanes) is 1. The van der Waals surface area contributed by atoms with Gasteiger partial charge in [0.25, 0.3) is 0 Å². The van der Waals surface area contributed by atoms with Crippen molar-refractivity contribution in [2.24, 2.45) is 5.41 Å². The van der Waals surface area contributed by atoms with Gasteiger partial charge in [-0.3, -0.25) is 9.59 Å². The SMILES string of the molecule is C=CCCCOC(=O)C(C)(C)C(=O)O. The zero-order valence-electron chi connectivity index (χ0n) is 8.58. The van der Waals surface area contributed by atoms with Gasteiger partial charge in [-0.25, -0.2) is 0 Å². The lowest BCUT2D eigenvalue weighted by molar-refractivity contribution is -0.166. The molecule has 0 bridgehead atoms. The number of carboxylic acids is 1. The molecule has 80 valence electrons. The summed E-state index contributed by atoms with van der Waals surface area (Å²) in [6.07, 6.45) is 3.14. The minimum absolute atomic E-state index is 0.238. The van der Waals surface area contributed by atoms with E-state index in [2.05, 4.69) is 6.58 Å². The lowest BCUT2D eigenvalue weighted by atomic mass is 9.94. The van der Waals surface area contributed by atoms with Crippen molar-refractivity contribution in [1.29, 1.82) is 0 Å². The number of carbonyl (C=O) groups excluding carboxylic acids is 1. The van der Waals surface area contributed by atoms with Crippen molar-refractivity contribution >= 4 is 11.9 Å². The van der Waals surface area contributed by atoms with Crippen LogP contribution in [0.2, 0.25) is 0 Å². The molecule has 0 aliphatic rings. The molecule has 0 atom stereocenters. The molecule has 0 saturated carbocycles. The number of aliphatic carboxylic acids is 1. The van der Waals surface area contributed by atoms with E-state index in [-0.39, 0.29) is 6.61 Å². The van der Waals surface area contributed by atoms with Gasteiger partial charge in [0.15, 0.2) is 5.41 Å². The molecule has 0 aliphatic carbocycles. The van der Waals surface area contributed by atoms with E-state index in [0.717, 1.165) is 6.42 Å². The molecule has 0 unspecified atom stereocenters. The van der Waals surface area contributed by atoms with Crippen LogP contribution in [-0.4, -0.2) is 23.7 Å². The highest BCUT2D eigenvalue weighted by molar-refractivity contribution is 5.98. The highest BCUT2D eigenvalue weighted by Gasteiger charge is 2.37. The van der Waals surface area contributed by atoms with E-state index in [1.54, 1.807) is 6.08 Å². The van der Waals surface area contributed by atoms with Crippen molar-refractivity contribution in [3.63, 3.8) is 0 Å². The molecule has 1 N–H and O–H groups in total. The molecule has 0 saturated heterocycles. The van der Waals surface area contributed by atoms with Crippen LogP contribution in [0.15, 0.2) is 12.7 Å². The Balaban J connectivity index is 3.96. The zero-order chi connectivity index (χ0) is 11.2. The highest BCUT2D eigenvalue weighted by Crippen LogP contribution is 2.17. The fourth-order valence-electron chi connectivity index (χ4n) is 0.660. The molecular formula is C10H16O4. The Morgan fingerprint density at radius 3 is 2.50 bits per heavy atom. The fourth-order valence-corrected chi connectivity index (χ4v) is 0.660. The number of carboxylic acid groups (broad SMARTS) is 1. The molecule has 0 aliphatic heterocycles. The third kappa shape index (κ3) is 3.60. The van der Waals surface area contributed by atoms with Crippen LogP contribution in [0.5, 0.6) is 0 Å². The van der Waals surface area contributed by atoms with Crippen LogP contribution in [0.1, 0.15) is 26.7 Å². The molecule has 4 heteroatoms. The molecule has 0 heterocycles. The Hall–Kier alpha value is -1.32. The van der Waals surface area contributed by atoms with Gasteiger partial charge in [0.2, 0.25) is 0 Å². The number of allylic oxidation sites excluding steroid dienone is 1. The summed E-state index contributed by atoms with van der Waals surface area (Å²) in [7, 11) is 0. The molecular weight excluding hydrogens is 184 g/mol. The minimum Gasteiger partial charge on any atom is -0.480 e. The second kappa shape index (κ2) is 5.42. The number of carbonyl (C=O) groups is 2. The molecule has 0 spiro atoms. The van der Waals surface area contributed by atoms with Crippen molar-refractivity contribution in [2.45, 2.75) is 26.7 Å². The average molecular weight is 200 g/mol. The maximum Gasteiger partial charge on any atom is 0.322 e. The third-order valence-electron chi connectivity index (χ3n) is 1.83. The second-order valence-electron chi connectivity index (χ2n) is 3.50. The monoisotopic (exact) mass is 200 g/mol. The van der Waals surface area contributed by atoms with Crippen molar-refractivity contribution in [1.82, 2.24) is 0 Å². The standard InChI is InChI=1S/C10H16O4/c1-4-5-6-7-14-9(13)10(2,3)8(11)12/h4H,1,5-7H2,2-3H3,(H,11,12). The molecule has 0 fully saturated rings. The summed E-state index contributed by atoms with van der Waals surface area (Å²) in [5.41, 5.74) is -1.46. The van der Waals surface area contributed by atoms with Crippen LogP contribution in [0, 0.1) is 5.41 Å². The number of hydrogen-bond donors (Lipinski definition) is 1. The van der Waals surface area contributed by atoms with Gasteiger partial charge in [0, 0.05) is 0 Å². The first-order valence-electron chi connectivity index (χ1n) is 4.44. The van der Waals surface area contributed by atoms with E-state index in [1.165, 1.54) is 13.8 Å². The Kier molecular flexibility index (Phi) is 4.91. The predicted molar refractivity (Wildman–Crippen MR) is 51.8 cm³/mol. The number of hydrogen-bond acceptors (Lipinski definition) is 3. The largest absolute Gasteiger partial charge is 0.480 e. The zero-order valence-corrected chi connectivity index (χ0v) is 8.58. The van der Waals surface area contributed by atoms with Gasteiger partial charge in [0.05, 0.1) is 6.61 Å². The quantitative estimate of drug-likeness (QED) is 0.306. The summed E-state index contributed by atoms with van der Waals surface area (Å²) in [4.78, 5) is 21.9. The lowest BCUT2D eigenvalue weighted by Crippen LogP contribution is -2.35. The van der Waals surface area contributed by atoms with Gasteiger partial charge in [-0.15, -0.1) is 6.58 Å². The van der Waals surface area contributed by atoms with Crippen LogP contribution in [0.4, 0.5) is 0 Å². The first-order chi connectivity index (χ1) is 6.42. The first kappa shape index (κ1) is 12.7. The number of rotatable bonds is 6. The smallest absolute Gasteiger partial charge is 0.322 e. The molecule has 0 amide bonds. The maximum absolute atomic E-state index is 11.2. The molecule has 0 aromatic heterocycles. The normalized spacial score (nSPS) is 10.7. The second-order valence-corrected chi connectivity index (χ2v) is 3.50. The van der Waals surface area contributed by atoms with Crippen molar-refractivity contribution < 1.29 is 19.4 Å². The molecule has 0 aromatic rings. The van der Waals surface area contributed by atoms with Crippen LogP contribution in [-0.2, 0) is 14.3 Å². The third-order valence-corrected chi connectivity index (χ3v) is 1.83. The number of ether oxygens (including phenoxy) is 1. The fraction of sp³-hybridized carbons (Fsp3) is 0.600. The van der Waals surface area contributed by atoms with E-state index in [4.69, 9.17) is 9.84 Å². The van der Waals surface area contributed by atoms with Gasteiger partial charge >= 0.3 is 11.9 Å². The number of esters is 1. The van der Waals surface area contributed by atoms with Crippen LogP contribution in [0.25, 0.3) is 0 Å². The van der Waals surface area contributed by atoms with Gasteiger partial charge in [-0.05, 0) is 26.7 Å². The molecule has 0 aromatic carbocycles. The van der Waals surface area contributed by atoms with E-state index < -0.39 is 17.4 Å². The lowest BCUT2D eigenvalue weighted by Gasteiger charge is -2.16. The molecule has 14 heavy (non-hydrogen) atoms. The summed E-state index contributed by atoms with van der Waals surface area (Å²) < 4.78 is 4.80. The summed E-state index contributed by atoms with van der Waals surface area (Å²) in [5, 5.41) is 8.70. The van der Waals surface area contributed by atoms with Crippen molar-refractivity contribution in [2.75, 3.05) is 6.61 Å². The summed E-state index contributed by atoms with van der Waals surface area (Å²) in [6.45, 7) is 6.41. The Labute approximate surface area is 83.6 Å². The van der Waals surface area contributed by atoms with E-state index >= 15 is 0 Å². The molecule has 0 radical (unpaired) electrons. The minimum atomic E-state index is -1.46. The topological polar surface area (TPSA) is 63.6 Å². The van der Waals surface area contributed by atoms with Crippen LogP contribution >= 0.6 is 0 Å². The summed E-state index contributed by atoms with van der Waals surface area (Å²) >= 11 is 0. The van der Waals surface area contributed by atoms with Crippen LogP contribution < -0.4 is 0 Å². The Bertz CT molecular complexity index is 230. The summed E-state index contributed by atoms with van der Waals surface area (Å²) in [6, 6.07) is 0. The van der Waals surface area contributed by atoms with Crippen LogP contribution in [0.3, 0.4) is 0 Å². The maximum atomic E-state index is 11.2. The Morgan fingerprint density at radius 2 is 2.07 bits per heavy atom. The van der Waals surface area contributed by atoms with Gasteiger partial charge in [-0.2, -0.15) is 0 Å².